The van der Waals surface area contributed by atoms with Crippen molar-refractivity contribution in [1.82, 2.24) is 4.98 Å². The highest BCUT2D eigenvalue weighted by Gasteiger charge is 2.14. The molecule has 0 bridgehead atoms. The van der Waals surface area contributed by atoms with E-state index >= 15 is 0 Å². The highest BCUT2D eigenvalue weighted by molar-refractivity contribution is 6.02. The Hall–Kier alpha value is -2.34. The van der Waals surface area contributed by atoms with Gasteiger partial charge in [0.05, 0.1) is 0 Å². The van der Waals surface area contributed by atoms with Crippen molar-refractivity contribution < 1.29 is 13.6 Å². The van der Waals surface area contributed by atoms with E-state index in [4.69, 9.17) is 5.73 Å². The lowest BCUT2D eigenvalue weighted by Gasteiger charge is -2.07. The van der Waals surface area contributed by atoms with Crippen LogP contribution in [0.4, 0.5) is 14.5 Å². The van der Waals surface area contributed by atoms with Gasteiger partial charge in [-0.05, 0) is 23.8 Å². The van der Waals surface area contributed by atoms with Gasteiger partial charge in [-0.25, -0.2) is 8.78 Å². The Morgan fingerprint density at radius 2 is 1.89 bits per heavy atom. The Kier molecular flexibility index (Phi) is 3.82. The molecule has 1 aromatic heterocycles. The topological polar surface area (TPSA) is 68.0 Å². The molecule has 4 nitrogen and oxygen atoms in total. The fraction of sp³-hybridized carbons (Fsp3) is 0.0769. The van der Waals surface area contributed by atoms with E-state index in [0.717, 1.165) is 17.7 Å². The second kappa shape index (κ2) is 5.53. The zero-order valence-corrected chi connectivity index (χ0v) is 9.86. The minimum absolute atomic E-state index is 0.0554. The maximum atomic E-state index is 13.4. The monoisotopic (exact) mass is 263 g/mol. The summed E-state index contributed by atoms with van der Waals surface area (Å²) in [7, 11) is 0. The number of hydrogen-bond donors (Lipinski definition) is 2. The molecule has 0 radical (unpaired) electrons. The first-order valence-corrected chi connectivity index (χ1v) is 5.52. The van der Waals surface area contributed by atoms with Gasteiger partial charge in [0.25, 0.3) is 5.91 Å². The van der Waals surface area contributed by atoms with Gasteiger partial charge in [-0.3, -0.25) is 9.78 Å². The molecule has 0 aliphatic heterocycles. The molecule has 0 atom stereocenters. The number of anilines is 1. The lowest BCUT2D eigenvalue weighted by atomic mass is 10.2. The number of pyridine rings is 1. The van der Waals surface area contributed by atoms with Gasteiger partial charge in [0.1, 0.15) is 23.0 Å². The van der Waals surface area contributed by atoms with E-state index in [0.29, 0.717) is 6.54 Å². The summed E-state index contributed by atoms with van der Waals surface area (Å²) in [6.45, 7) is 0.302. The van der Waals surface area contributed by atoms with Crippen molar-refractivity contribution in [2.75, 3.05) is 5.32 Å². The van der Waals surface area contributed by atoms with Crippen molar-refractivity contribution in [1.29, 1.82) is 0 Å². The molecule has 0 spiro atoms. The fourth-order valence-corrected chi connectivity index (χ4v) is 1.47. The molecule has 0 aliphatic rings. The number of para-hydroxylation sites is 1. The van der Waals surface area contributed by atoms with Gasteiger partial charge >= 0.3 is 0 Å². The number of nitrogens with two attached hydrogens (primary N) is 1. The number of benzene rings is 1. The molecule has 19 heavy (non-hydrogen) atoms. The number of nitrogens with zero attached hydrogens (tertiary/aromatic N) is 1. The van der Waals surface area contributed by atoms with Gasteiger partial charge < -0.3 is 11.1 Å². The average molecular weight is 263 g/mol. The molecule has 0 aliphatic carbocycles. The summed E-state index contributed by atoms with van der Waals surface area (Å²) < 4.78 is 26.7. The highest BCUT2D eigenvalue weighted by Crippen LogP contribution is 2.18. The number of halogens is 2. The maximum absolute atomic E-state index is 13.4. The third-order valence-electron chi connectivity index (χ3n) is 2.49. The van der Waals surface area contributed by atoms with Crippen molar-refractivity contribution >= 4 is 11.6 Å². The van der Waals surface area contributed by atoms with Crippen LogP contribution in [-0.4, -0.2) is 10.9 Å². The molecule has 0 saturated heterocycles. The van der Waals surface area contributed by atoms with Gasteiger partial charge in [-0.1, -0.05) is 12.1 Å². The highest BCUT2D eigenvalue weighted by atomic mass is 19.1. The molecule has 98 valence electrons. The summed E-state index contributed by atoms with van der Waals surface area (Å²) in [5, 5.41) is 2.15. The molecule has 2 rings (SSSR count). The number of carbonyl (C=O) groups is 1. The van der Waals surface area contributed by atoms with E-state index in [1.165, 1.54) is 18.3 Å². The molecule has 0 saturated carbocycles. The zero-order chi connectivity index (χ0) is 13.8. The van der Waals surface area contributed by atoms with Crippen LogP contribution in [-0.2, 0) is 6.54 Å². The molecule has 0 unspecified atom stereocenters. The van der Waals surface area contributed by atoms with Crippen LogP contribution in [0.5, 0.6) is 0 Å². The summed E-state index contributed by atoms with van der Waals surface area (Å²) in [6.07, 6.45) is 1.44. The van der Waals surface area contributed by atoms with Crippen molar-refractivity contribution in [2.45, 2.75) is 6.54 Å². The molecule has 1 amide bonds. The molecule has 1 heterocycles. The summed E-state index contributed by atoms with van der Waals surface area (Å²) in [5.74, 6) is -2.37. The first kappa shape index (κ1) is 13.1. The Balaban J connectivity index is 2.20. The third kappa shape index (κ3) is 2.92. The first-order valence-electron chi connectivity index (χ1n) is 5.52. The van der Waals surface area contributed by atoms with Crippen LogP contribution >= 0.6 is 0 Å². The predicted molar refractivity (Wildman–Crippen MR) is 66.4 cm³/mol. The van der Waals surface area contributed by atoms with Crippen LogP contribution in [0.3, 0.4) is 0 Å². The van der Waals surface area contributed by atoms with Crippen LogP contribution in [0.1, 0.15) is 16.1 Å². The molecular weight excluding hydrogens is 252 g/mol. The van der Waals surface area contributed by atoms with Crippen molar-refractivity contribution in [3.8, 4) is 0 Å². The molecule has 2 aromatic rings. The lowest BCUT2D eigenvalue weighted by molar-refractivity contribution is 0.102. The van der Waals surface area contributed by atoms with Gasteiger partial charge in [0, 0.05) is 12.7 Å². The number of rotatable bonds is 3. The number of nitrogens with one attached hydrogen (secondary N) is 1. The Bertz CT molecular complexity index is 579. The van der Waals surface area contributed by atoms with Gasteiger partial charge in [-0.2, -0.15) is 0 Å². The molecule has 1 aromatic carbocycles. The predicted octanol–water partition coefficient (Wildman–Crippen LogP) is 2.07. The normalized spacial score (nSPS) is 10.3. The van der Waals surface area contributed by atoms with Gasteiger partial charge in [0.15, 0.2) is 0 Å². The van der Waals surface area contributed by atoms with E-state index in [9.17, 15) is 13.6 Å². The van der Waals surface area contributed by atoms with Crippen molar-refractivity contribution in [2.24, 2.45) is 5.73 Å². The van der Waals surface area contributed by atoms with E-state index in [1.54, 1.807) is 6.07 Å². The second-order valence-electron chi connectivity index (χ2n) is 3.81. The summed E-state index contributed by atoms with van der Waals surface area (Å²) in [4.78, 5) is 15.6. The Morgan fingerprint density at radius 1 is 1.21 bits per heavy atom. The van der Waals surface area contributed by atoms with Crippen LogP contribution in [0.15, 0.2) is 36.5 Å². The van der Waals surface area contributed by atoms with E-state index in [1.807, 2.05) is 0 Å². The lowest BCUT2D eigenvalue weighted by Crippen LogP contribution is -2.16. The smallest absolute Gasteiger partial charge is 0.274 e. The standard InChI is InChI=1S/C13H11F2N3O/c14-9-2-1-3-10(15)12(9)18-13(19)11-5-4-8(6-16)7-17-11/h1-5,7H,6,16H2,(H,18,19). The van der Waals surface area contributed by atoms with E-state index < -0.39 is 23.2 Å². The van der Waals surface area contributed by atoms with Crippen LogP contribution in [0.2, 0.25) is 0 Å². The Morgan fingerprint density at radius 3 is 2.42 bits per heavy atom. The van der Waals surface area contributed by atoms with Crippen molar-refractivity contribution in [3.63, 3.8) is 0 Å². The number of amides is 1. The second-order valence-corrected chi connectivity index (χ2v) is 3.81. The number of hydrogen-bond acceptors (Lipinski definition) is 3. The third-order valence-corrected chi connectivity index (χ3v) is 2.49. The summed E-state index contributed by atoms with van der Waals surface area (Å²) in [6, 6.07) is 6.40. The quantitative estimate of drug-likeness (QED) is 0.890. The Labute approximate surface area is 108 Å². The summed E-state index contributed by atoms with van der Waals surface area (Å²) in [5.41, 5.74) is 5.72. The number of carbonyl (C=O) groups excluding carboxylic acids is 1. The fourth-order valence-electron chi connectivity index (χ4n) is 1.47. The minimum Gasteiger partial charge on any atom is -0.326 e. The van der Waals surface area contributed by atoms with Crippen LogP contribution in [0.25, 0.3) is 0 Å². The van der Waals surface area contributed by atoms with E-state index in [-0.39, 0.29) is 5.69 Å². The van der Waals surface area contributed by atoms with Crippen molar-refractivity contribution in [3.05, 3.63) is 59.4 Å². The largest absolute Gasteiger partial charge is 0.326 e. The molecule has 3 N–H and O–H groups in total. The number of aromatic nitrogens is 1. The van der Waals surface area contributed by atoms with E-state index in [2.05, 4.69) is 10.3 Å². The molecular formula is C13H11F2N3O. The first-order chi connectivity index (χ1) is 9.11. The maximum Gasteiger partial charge on any atom is 0.274 e. The zero-order valence-electron chi connectivity index (χ0n) is 9.86. The van der Waals surface area contributed by atoms with Crippen LogP contribution < -0.4 is 11.1 Å². The summed E-state index contributed by atoms with van der Waals surface area (Å²) >= 11 is 0. The SMILES string of the molecule is NCc1ccc(C(=O)Nc2c(F)cccc2F)nc1. The van der Waals surface area contributed by atoms with Gasteiger partial charge in [-0.15, -0.1) is 0 Å². The molecule has 0 fully saturated rings. The minimum atomic E-state index is -0.841. The average Bonchev–Trinajstić information content (AvgIpc) is 2.43. The molecule has 6 heteroatoms. The van der Waals surface area contributed by atoms with Crippen LogP contribution in [0, 0.1) is 11.6 Å². The van der Waals surface area contributed by atoms with Gasteiger partial charge in [0.2, 0.25) is 0 Å².